The standard InChI is InChI=1S/C22H27NO3/c1-4-25-22(24)19-10-11-21(18-8-6-5-7-9-18)20(12-19)15-23-13-16(2)26-17(3)14-23/h5-12,16-17H,4,13-15H2,1-3H3. The molecule has 0 aromatic heterocycles. The largest absolute Gasteiger partial charge is 0.462 e. The van der Waals surface area contributed by atoms with Gasteiger partial charge in [-0.1, -0.05) is 36.4 Å². The molecule has 0 radical (unpaired) electrons. The van der Waals surface area contributed by atoms with Crippen molar-refractivity contribution in [3.05, 3.63) is 59.7 Å². The third-order valence-electron chi connectivity index (χ3n) is 4.59. The Bertz CT molecular complexity index is 734. The van der Waals surface area contributed by atoms with Gasteiger partial charge in [0.25, 0.3) is 0 Å². The lowest BCUT2D eigenvalue weighted by atomic mass is 9.96. The van der Waals surface area contributed by atoms with E-state index in [0.29, 0.717) is 12.2 Å². The Morgan fingerprint density at radius 1 is 1.12 bits per heavy atom. The maximum Gasteiger partial charge on any atom is 0.338 e. The van der Waals surface area contributed by atoms with Crippen molar-refractivity contribution in [2.45, 2.75) is 39.5 Å². The third-order valence-corrected chi connectivity index (χ3v) is 4.59. The zero-order valence-electron chi connectivity index (χ0n) is 15.8. The van der Waals surface area contributed by atoms with Gasteiger partial charge in [0.2, 0.25) is 0 Å². The first-order valence-electron chi connectivity index (χ1n) is 9.30. The quantitative estimate of drug-likeness (QED) is 0.757. The highest BCUT2D eigenvalue weighted by Gasteiger charge is 2.23. The molecule has 0 spiro atoms. The van der Waals surface area contributed by atoms with Crippen LogP contribution in [0.2, 0.25) is 0 Å². The van der Waals surface area contributed by atoms with Gasteiger partial charge >= 0.3 is 5.97 Å². The van der Waals surface area contributed by atoms with E-state index >= 15 is 0 Å². The summed E-state index contributed by atoms with van der Waals surface area (Å²) >= 11 is 0. The first-order chi connectivity index (χ1) is 12.6. The number of hydrogen-bond acceptors (Lipinski definition) is 4. The van der Waals surface area contributed by atoms with Crippen molar-refractivity contribution in [3.63, 3.8) is 0 Å². The van der Waals surface area contributed by atoms with Gasteiger partial charge in [-0.3, -0.25) is 4.90 Å². The minimum Gasteiger partial charge on any atom is -0.462 e. The van der Waals surface area contributed by atoms with Crippen LogP contribution in [0.25, 0.3) is 11.1 Å². The summed E-state index contributed by atoms with van der Waals surface area (Å²) in [6, 6.07) is 16.2. The fourth-order valence-corrected chi connectivity index (χ4v) is 3.62. The van der Waals surface area contributed by atoms with E-state index in [2.05, 4.69) is 30.9 Å². The minimum atomic E-state index is -0.267. The van der Waals surface area contributed by atoms with Crippen molar-refractivity contribution in [1.29, 1.82) is 0 Å². The van der Waals surface area contributed by atoms with Crippen LogP contribution >= 0.6 is 0 Å². The molecule has 0 saturated carbocycles. The number of carbonyl (C=O) groups is 1. The molecule has 1 heterocycles. The summed E-state index contributed by atoms with van der Waals surface area (Å²) in [7, 11) is 0. The predicted molar refractivity (Wildman–Crippen MR) is 103 cm³/mol. The molecule has 2 aromatic carbocycles. The highest BCUT2D eigenvalue weighted by atomic mass is 16.5. The van der Waals surface area contributed by atoms with Crippen LogP contribution in [0.1, 0.15) is 36.7 Å². The lowest BCUT2D eigenvalue weighted by Gasteiger charge is -2.35. The monoisotopic (exact) mass is 353 g/mol. The van der Waals surface area contributed by atoms with Crippen LogP contribution in [0.5, 0.6) is 0 Å². The van der Waals surface area contributed by atoms with Gasteiger partial charge in [-0.25, -0.2) is 4.79 Å². The number of morpholine rings is 1. The molecule has 1 saturated heterocycles. The number of nitrogens with zero attached hydrogens (tertiary/aromatic N) is 1. The Balaban J connectivity index is 1.93. The van der Waals surface area contributed by atoms with Crippen molar-refractivity contribution >= 4 is 5.97 Å². The second-order valence-electron chi connectivity index (χ2n) is 6.91. The smallest absolute Gasteiger partial charge is 0.338 e. The maximum absolute atomic E-state index is 12.2. The second-order valence-corrected chi connectivity index (χ2v) is 6.91. The SMILES string of the molecule is CCOC(=O)c1ccc(-c2ccccc2)c(CN2CC(C)OC(C)C2)c1. The summed E-state index contributed by atoms with van der Waals surface area (Å²) in [4.78, 5) is 14.6. The van der Waals surface area contributed by atoms with Crippen LogP contribution in [0.3, 0.4) is 0 Å². The topological polar surface area (TPSA) is 38.8 Å². The van der Waals surface area contributed by atoms with Gasteiger partial charge in [0.1, 0.15) is 0 Å². The van der Waals surface area contributed by atoms with Gasteiger partial charge in [-0.05, 0) is 49.6 Å². The highest BCUT2D eigenvalue weighted by molar-refractivity contribution is 5.90. The van der Waals surface area contributed by atoms with Crippen LogP contribution in [-0.2, 0) is 16.0 Å². The van der Waals surface area contributed by atoms with Gasteiger partial charge in [0, 0.05) is 19.6 Å². The minimum absolute atomic E-state index is 0.215. The molecule has 4 heteroatoms. The van der Waals surface area contributed by atoms with Crippen LogP contribution < -0.4 is 0 Å². The lowest BCUT2D eigenvalue weighted by Crippen LogP contribution is -2.44. The van der Waals surface area contributed by atoms with E-state index in [9.17, 15) is 4.79 Å². The molecule has 0 bridgehead atoms. The summed E-state index contributed by atoms with van der Waals surface area (Å²) in [5.41, 5.74) is 4.07. The van der Waals surface area contributed by atoms with Gasteiger partial charge in [0.05, 0.1) is 24.4 Å². The third kappa shape index (κ3) is 4.51. The first-order valence-corrected chi connectivity index (χ1v) is 9.30. The number of benzene rings is 2. The Labute approximate surface area is 155 Å². The lowest BCUT2D eigenvalue weighted by molar-refractivity contribution is -0.0704. The van der Waals surface area contributed by atoms with E-state index in [-0.39, 0.29) is 18.2 Å². The molecular weight excluding hydrogens is 326 g/mol. The van der Waals surface area contributed by atoms with Gasteiger partial charge < -0.3 is 9.47 Å². The van der Waals surface area contributed by atoms with Crippen LogP contribution in [0.15, 0.2) is 48.5 Å². The summed E-state index contributed by atoms with van der Waals surface area (Å²) in [6.07, 6.45) is 0.430. The average Bonchev–Trinajstić information content (AvgIpc) is 2.62. The normalized spacial score (nSPS) is 20.7. The maximum atomic E-state index is 12.2. The highest BCUT2D eigenvalue weighted by Crippen LogP contribution is 2.27. The Kier molecular flexibility index (Phi) is 6.07. The molecule has 3 rings (SSSR count). The first kappa shape index (κ1) is 18.6. The molecule has 2 atom stereocenters. The molecule has 26 heavy (non-hydrogen) atoms. The predicted octanol–water partition coefficient (Wildman–Crippen LogP) is 4.14. The number of esters is 1. The van der Waals surface area contributed by atoms with E-state index in [4.69, 9.17) is 9.47 Å². The van der Waals surface area contributed by atoms with Crippen LogP contribution in [-0.4, -0.2) is 42.8 Å². The number of hydrogen-bond donors (Lipinski definition) is 0. The molecule has 138 valence electrons. The van der Waals surface area contributed by atoms with E-state index in [1.807, 2.05) is 43.3 Å². The van der Waals surface area contributed by atoms with Crippen LogP contribution in [0.4, 0.5) is 0 Å². The van der Waals surface area contributed by atoms with Crippen LogP contribution in [0, 0.1) is 0 Å². The fourth-order valence-electron chi connectivity index (χ4n) is 3.62. The zero-order valence-corrected chi connectivity index (χ0v) is 15.8. The Hall–Kier alpha value is -2.17. The molecular formula is C22H27NO3. The zero-order chi connectivity index (χ0) is 18.5. The van der Waals surface area contributed by atoms with E-state index < -0.39 is 0 Å². The number of carbonyl (C=O) groups excluding carboxylic acids is 1. The number of ether oxygens (including phenoxy) is 2. The van der Waals surface area contributed by atoms with E-state index in [1.165, 1.54) is 0 Å². The summed E-state index contributed by atoms with van der Waals surface area (Å²) in [5, 5.41) is 0. The molecule has 1 fully saturated rings. The van der Waals surface area contributed by atoms with E-state index in [1.54, 1.807) is 0 Å². The van der Waals surface area contributed by atoms with Gasteiger partial charge in [-0.15, -0.1) is 0 Å². The molecule has 4 nitrogen and oxygen atoms in total. The summed E-state index contributed by atoms with van der Waals surface area (Å²) < 4.78 is 11.0. The molecule has 0 N–H and O–H groups in total. The average molecular weight is 353 g/mol. The molecule has 2 aromatic rings. The molecule has 1 aliphatic rings. The molecule has 0 amide bonds. The molecule has 1 aliphatic heterocycles. The molecule has 2 unspecified atom stereocenters. The van der Waals surface area contributed by atoms with Gasteiger partial charge in [0.15, 0.2) is 0 Å². The van der Waals surface area contributed by atoms with Crippen molar-refractivity contribution < 1.29 is 14.3 Å². The van der Waals surface area contributed by atoms with Crippen molar-refractivity contribution in [2.24, 2.45) is 0 Å². The van der Waals surface area contributed by atoms with Crippen molar-refractivity contribution in [3.8, 4) is 11.1 Å². The second kappa shape index (κ2) is 8.47. The Morgan fingerprint density at radius 2 is 1.81 bits per heavy atom. The Morgan fingerprint density at radius 3 is 2.46 bits per heavy atom. The fraction of sp³-hybridized carbons (Fsp3) is 0.409. The number of rotatable bonds is 5. The van der Waals surface area contributed by atoms with Crippen molar-refractivity contribution in [1.82, 2.24) is 4.90 Å². The summed E-state index contributed by atoms with van der Waals surface area (Å²) in [6.45, 7) is 8.99. The van der Waals surface area contributed by atoms with E-state index in [0.717, 1.165) is 36.3 Å². The van der Waals surface area contributed by atoms with Gasteiger partial charge in [-0.2, -0.15) is 0 Å². The summed E-state index contributed by atoms with van der Waals surface area (Å²) in [5.74, 6) is -0.267. The molecule has 0 aliphatic carbocycles. The van der Waals surface area contributed by atoms with Crippen molar-refractivity contribution in [2.75, 3.05) is 19.7 Å².